The van der Waals surface area contributed by atoms with Gasteiger partial charge in [0.1, 0.15) is 0 Å². The van der Waals surface area contributed by atoms with E-state index in [0.29, 0.717) is 0 Å². The SMILES string of the molecule is CC(O)c1ccc(Br)cc1Sc1ccc(Cl)cc1. The van der Waals surface area contributed by atoms with E-state index in [0.717, 1.165) is 24.8 Å². The van der Waals surface area contributed by atoms with E-state index < -0.39 is 6.10 Å². The number of halogens is 2. The number of hydrogen-bond acceptors (Lipinski definition) is 2. The minimum Gasteiger partial charge on any atom is -0.389 e. The van der Waals surface area contributed by atoms with E-state index in [9.17, 15) is 5.11 Å². The standard InChI is InChI=1S/C14H12BrClOS/c1-9(17)13-7-2-10(15)8-14(13)18-12-5-3-11(16)4-6-12/h2-9,17H,1H3. The molecule has 4 heteroatoms. The van der Waals surface area contributed by atoms with Crippen molar-refractivity contribution < 1.29 is 5.11 Å². The van der Waals surface area contributed by atoms with Crippen LogP contribution >= 0.6 is 39.3 Å². The third kappa shape index (κ3) is 3.51. The van der Waals surface area contributed by atoms with E-state index in [-0.39, 0.29) is 0 Å². The number of benzene rings is 2. The van der Waals surface area contributed by atoms with Gasteiger partial charge in [0.2, 0.25) is 0 Å². The van der Waals surface area contributed by atoms with Crippen LogP contribution in [0.4, 0.5) is 0 Å². The van der Waals surface area contributed by atoms with E-state index >= 15 is 0 Å². The fourth-order valence-electron chi connectivity index (χ4n) is 1.57. The minimum atomic E-state index is -0.479. The number of aliphatic hydroxyl groups is 1. The lowest BCUT2D eigenvalue weighted by atomic mass is 10.1. The van der Waals surface area contributed by atoms with Crippen LogP contribution in [-0.4, -0.2) is 5.11 Å². The van der Waals surface area contributed by atoms with Crippen molar-refractivity contribution in [1.82, 2.24) is 0 Å². The normalized spacial score (nSPS) is 12.4. The molecule has 0 heterocycles. The Morgan fingerprint density at radius 1 is 1.17 bits per heavy atom. The summed E-state index contributed by atoms with van der Waals surface area (Å²) in [4.78, 5) is 2.14. The molecule has 1 N–H and O–H groups in total. The molecule has 0 aromatic heterocycles. The zero-order chi connectivity index (χ0) is 13.1. The van der Waals surface area contributed by atoms with Gasteiger partial charge in [0.25, 0.3) is 0 Å². The highest BCUT2D eigenvalue weighted by molar-refractivity contribution is 9.10. The van der Waals surface area contributed by atoms with Crippen molar-refractivity contribution in [2.45, 2.75) is 22.8 Å². The molecule has 2 aromatic rings. The van der Waals surface area contributed by atoms with Crippen molar-refractivity contribution in [3.63, 3.8) is 0 Å². The van der Waals surface area contributed by atoms with Gasteiger partial charge in [-0.25, -0.2) is 0 Å². The summed E-state index contributed by atoms with van der Waals surface area (Å²) < 4.78 is 1.00. The summed E-state index contributed by atoms with van der Waals surface area (Å²) in [5.41, 5.74) is 0.929. The molecule has 0 radical (unpaired) electrons. The average Bonchev–Trinajstić information content (AvgIpc) is 2.32. The predicted octanol–water partition coefficient (Wildman–Crippen LogP) is 5.31. The minimum absolute atomic E-state index is 0.479. The first-order chi connectivity index (χ1) is 8.56. The summed E-state index contributed by atoms with van der Waals surface area (Å²) in [6.45, 7) is 1.77. The average molecular weight is 344 g/mol. The molecule has 0 saturated heterocycles. The summed E-state index contributed by atoms with van der Waals surface area (Å²) in [5, 5.41) is 10.5. The maximum absolute atomic E-state index is 9.77. The van der Waals surface area contributed by atoms with Gasteiger partial charge in [0, 0.05) is 19.3 Å². The lowest BCUT2D eigenvalue weighted by molar-refractivity contribution is 0.196. The van der Waals surface area contributed by atoms with Gasteiger partial charge in [-0.05, 0) is 48.9 Å². The molecule has 2 rings (SSSR count). The quantitative estimate of drug-likeness (QED) is 0.815. The number of hydrogen-bond donors (Lipinski definition) is 1. The van der Waals surface area contributed by atoms with Gasteiger partial charge in [0.05, 0.1) is 6.10 Å². The van der Waals surface area contributed by atoms with Crippen LogP contribution < -0.4 is 0 Å². The Labute approximate surface area is 124 Å². The highest BCUT2D eigenvalue weighted by Crippen LogP contribution is 2.35. The second-order valence-corrected chi connectivity index (χ2v) is 6.38. The Kier molecular flexibility index (Phi) is 4.73. The molecule has 0 aliphatic heterocycles. The van der Waals surface area contributed by atoms with Crippen molar-refractivity contribution in [3.8, 4) is 0 Å². The molecule has 0 spiro atoms. The molecule has 0 bridgehead atoms. The van der Waals surface area contributed by atoms with Gasteiger partial charge in [-0.15, -0.1) is 0 Å². The third-order valence-corrected chi connectivity index (χ3v) is 4.29. The molecule has 0 aliphatic rings. The molecular weight excluding hydrogens is 332 g/mol. The molecule has 1 nitrogen and oxygen atoms in total. The zero-order valence-corrected chi connectivity index (χ0v) is 12.9. The Bertz CT molecular complexity index is 540. The first-order valence-electron chi connectivity index (χ1n) is 5.47. The van der Waals surface area contributed by atoms with Crippen molar-refractivity contribution in [3.05, 3.63) is 57.5 Å². The molecule has 0 aliphatic carbocycles. The van der Waals surface area contributed by atoms with E-state index in [2.05, 4.69) is 15.9 Å². The highest BCUT2D eigenvalue weighted by Gasteiger charge is 2.09. The molecule has 0 fully saturated rings. The zero-order valence-electron chi connectivity index (χ0n) is 9.73. The van der Waals surface area contributed by atoms with Gasteiger partial charge >= 0.3 is 0 Å². The fraction of sp³-hybridized carbons (Fsp3) is 0.143. The van der Waals surface area contributed by atoms with Crippen LogP contribution in [0, 0.1) is 0 Å². The van der Waals surface area contributed by atoms with Gasteiger partial charge in [-0.2, -0.15) is 0 Å². The molecule has 2 aromatic carbocycles. The molecule has 1 atom stereocenters. The molecule has 18 heavy (non-hydrogen) atoms. The van der Waals surface area contributed by atoms with Crippen LogP contribution in [0.15, 0.2) is 56.7 Å². The summed E-state index contributed by atoms with van der Waals surface area (Å²) in [6, 6.07) is 13.6. The number of aliphatic hydroxyl groups excluding tert-OH is 1. The van der Waals surface area contributed by atoms with Gasteiger partial charge in [-0.1, -0.05) is 45.4 Å². The summed E-state index contributed by atoms with van der Waals surface area (Å²) in [6.07, 6.45) is -0.479. The van der Waals surface area contributed by atoms with Gasteiger partial charge in [0.15, 0.2) is 0 Å². The first kappa shape index (κ1) is 13.9. The Morgan fingerprint density at radius 3 is 2.44 bits per heavy atom. The van der Waals surface area contributed by atoms with Crippen molar-refractivity contribution in [2.24, 2.45) is 0 Å². The predicted molar refractivity (Wildman–Crippen MR) is 80.4 cm³/mol. The first-order valence-corrected chi connectivity index (χ1v) is 7.46. The maximum atomic E-state index is 9.77. The van der Waals surface area contributed by atoms with Gasteiger partial charge in [-0.3, -0.25) is 0 Å². The molecule has 1 unspecified atom stereocenters. The summed E-state index contributed by atoms with van der Waals surface area (Å²) >= 11 is 10.9. The molecular formula is C14H12BrClOS. The van der Waals surface area contributed by atoms with E-state index in [4.69, 9.17) is 11.6 Å². The Balaban J connectivity index is 2.32. The van der Waals surface area contributed by atoms with Crippen LogP contribution in [0.25, 0.3) is 0 Å². The Hall–Kier alpha value is -0.480. The summed E-state index contributed by atoms with van der Waals surface area (Å²) in [5.74, 6) is 0. The smallest absolute Gasteiger partial charge is 0.0772 e. The van der Waals surface area contributed by atoms with Crippen LogP contribution in [0.1, 0.15) is 18.6 Å². The van der Waals surface area contributed by atoms with Crippen LogP contribution in [0.3, 0.4) is 0 Å². The van der Waals surface area contributed by atoms with Crippen molar-refractivity contribution in [2.75, 3.05) is 0 Å². The lowest BCUT2D eigenvalue weighted by Crippen LogP contribution is -1.93. The van der Waals surface area contributed by atoms with Crippen molar-refractivity contribution >= 4 is 39.3 Å². The number of rotatable bonds is 3. The van der Waals surface area contributed by atoms with E-state index in [1.807, 2.05) is 42.5 Å². The largest absolute Gasteiger partial charge is 0.389 e. The van der Waals surface area contributed by atoms with Crippen molar-refractivity contribution in [1.29, 1.82) is 0 Å². The fourth-order valence-corrected chi connectivity index (χ4v) is 3.28. The van der Waals surface area contributed by atoms with Crippen LogP contribution in [-0.2, 0) is 0 Å². The molecule has 0 saturated carbocycles. The monoisotopic (exact) mass is 342 g/mol. The Morgan fingerprint density at radius 2 is 1.83 bits per heavy atom. The van der Waals surface area contributed by atoms with E-state index in [1.165, 1.54) is 0 Å². The highest BCUT2D eigenvalue weighted by atomic mass is 79.9. The van der Waals surface area contributed by atoms with Gasteiger partial charge < -0.3 is 5.11 Å². The second-order valence-electron chi connectivity index (χ2n) is 3.91. The topological polar surface area (TPSA) is 20.2 Å². The van der Waals surface area contributed by atoms with Crippen LogP contribution in [0.5, 0.6) is 0 Å². The molecule has 94 valence electrons. The maximum Gasteiger partial charge on any atom is 0.0772 e. The third-order valence-electron chi connectivity index (χ3n) is 2.47. The van der Waals surface area contributed by atoms with Crippen LogP contribution in [0.2, 0.25) is 5.02 Å². The second kappa shape index (κ2) is 6.11. The molecule has 0 amide bonds. The van der Waals surface area contributed by atoms with E-state index in [1.54, 1.807) is 18.7 Å². The lowest BCUT2D eigenvalue weighted by Gasteiger charge is -2.12. The summed E-state index contributed by atoms with van der Waals surface area (Å²) in [7, 11) is 0.